The summed E-state index contributed by atoms with van der Waals surface area (Å²) in [5, 5.41) is 3.47. The maximum Gasteiger partial charge on any atom is 0.0690 e. The van der Waals surface area contributed by atoms with E-state index in [1.165, 1.54) is 12.8 Å². The Morgan fingerprint density at radius 3 is 2.56 bits per heavy atom. The first-order valence-corrected chi connectivity index (χ1v) is 6.16. The molecule has 0 heterocycles. The van der Waals surface area contributed by atoms with Crippen molar-refractivity contribution in [3.63, 3.8) is 0 Å². The van der Waals surface area contributed by atoms with Crippen molar-refractivity contribution in [3.05, 3.63) is 35.9 Å². The first kappa shape index (κ1) is 12.8. The molecule has 86 valence electrons. The monoisotopic (exact) mass is 215 g/mol. The Bertz CT molecular complexity index is 331. The third-order valence-electron chi connectivity index (χ3n) is 2.49. The molecule has 0 bridgehead atoms. The second-order valence-corrected chi connectivity index (χ2v) is 3.90. The molecule has 1 heteroatoms. The average molecular weight is 215 g/mol. The summed E-state index contributed by atoms with van der Waals surface area (Å²) in [5.41, 5.74) is 1.10. The maximum absolute atomic E-state index is 3.47. The number of hydrogen-bond acceptors (Lipinski definition) is 1. The molecule has 1 nitrogen and oxygen atoms in total. The van der Waals surface area contributed by atoms with Crippen LogP contribution in [0.4, 0.5) is 0 Å². The number of hydrogen-bond donors (Lipinski definition) is 1. The van der Waals surface area contributed by atoms with Gasteiger partial charge in [-0.25, -0.2) is 0 Å². The molecule has 1 aromatic carbocycles. The molecule has 0 fully saturated rings. The van der Waals surface area contributed by atoms with Gasteiger partial charge in [0, 0.05) is 5.56 Å². The molecule has 0 aliphatic heterocycles. The molecule has 0 amide bonds. The van der Waals surface area contributed by atoms with Gasteiger partial charge in [0.1, 0.15) is 0 Å². The molecule has 0 radical (unpaired) electrons. The fourth-order valence-electron chi connectivity index (χ4n) is 1.44. The fraction of sp³-hybridized carbons (Fsp3) is 0.467. The van der Waals surface area contributed by atoms with Crippen LogP contribution in [0.15, 0.2) is 30.3 Å². The zero-order valence-electron chi connectivity index (χ0n) is 10.3. The van der Waals surface area contributed by atoms with Crippen LogP contribution < -0.4 is 5.32 Å². The third-order valence-corrected chi connectivity index (χ3v) is 2.49. The van der Waals surface area contributed by atoms with Crippen LogP contribution in [-0.2, 0) is 0 Å². The normalized spacial score (nSPS) is 11.6. The second-order valence-electron chi connectivity index (χ2n) is 3.90. The highest BCUT2D eigenvalue weighted by atomic mass is 14.9. The largest absolute Gasteiger partial charge is 0.304 e. The van der Waals surface area contributed by atoms with Crippen molar-refractivity contribution in [3.8, 4) is 11.8 Å². The van der Waals surface area contributed by atoms with Gasteiger partial charge in [-0.15, -0.1) is 0 Å². The van der Waals surface area contributed by atoms with E-state index in [1.807, 2.05) is 30.3 Å². The van der Waals surface area contributed by atoms with Crippen molar-refractivity contribution in [2.75, 3.05) is 6.54 Å². The van der Waals surface area contributed by atoms with Crippen molar-refractivity contribution in [1.82, 2.24) is 5.32 Å². The highest BCUT2D eigenvalue weighted by Gasteiger charge is 1.98. The Labute approximate surface area is 99.3 Å². The van der Waals surface area contributed by atoms with E-state index in [4.69, 9.17) is 0 Å². The van der Waals surface area contributed by atoms with Gasteiger partial charge < -0.3 is 5.32 Å². The topological polar surface area (TPSA) is 12.0 Å². The lowest BCUT2D eigenvalue weighted by atomic mass is 10.2. The van der Waals surface area contributed by atoms with E-state index in [1.54, 1.807) is 0 Å². The lowest BCUT2D eigenvalue weighted by molar-refractivity contribution is 0.570. The van der Waals surface area contributed by atoms with E-state index in [2.05, 4.69) is 31.0 Å². The van der Waals surface area contributed by atoms with Crippen molar-refractivity contribution < 1.29 is 0 Å². The second kappa shape index (κ2) is 7.96. The summed E-state index contributed by atoms with van der Waals surface area (Å²) >= 11 is 0. The van der Waals surface area contributed by atoms with Crippen molar-refractivity contribution >= 4 is 0 Å². The standard InChI is InChI=1S/C15H21N/c1-3-5-13-16-15(4-2)12-11-14-9-7-6-8-10-14/h6-10,15-16H,3-5,13H2,1-2H3. The zero-order valence-corrected chi connectivity index (χ0v) is 10.3. The highest BCUT2D eigenvalue weighted by molar-refractivity contribution is 5.34. The van der Waals surface area contributed by atoms with Crippen LogP contribution in [0.25, 0.3) is 0 Å². The highest BCUT2D eigenvalue weighted by Crippen LogP contribution is 1.96. The average Bonchev–Trinajstić information content (AvgIpc) is 2.35. The van der Waals surface area contributed by atoms with Gasteiger partial charge in [-0.2, -0.15) is 0 Å². The Kier molecular flexibility index (Phi) is 6.37. The van der Waals surface area contributed by atoms with Crippen LogP contribution in [-0.4, -0.2) is 12.6 Å². The molecule has 1 unspecified atom stereocenters. The van der Waals surface area contributed by atoms with Crippen molar-refractivity contribution in [2.24, 2.45) is 0 Å². The fourth-order valence-corrected chi connectivity index (χ4v) is 1.44. The summed E-state index contributed by atoms with van der Waals surface area (Å²) in [4.78, 5) is 0. The summed E-state index contributed by atoms with van der Waals surface area (Å²) in [6.07, 6.45) is 3.52. The van der Waals surface area contributed by atoms with Gasteiger partial charge >= 0.3 is 0 Å². The van der Waals surface area contributed by atoms with E-state index in [0.29, 0.717) is 6.04 Å². The first-order chi connectivity index (χ1) is 7.86. The SMILES string of the molecule is CCCCNC(C#Cc1ccccc1)CC. The molecule has 0 spiro atoms. The van der Waals surface area contributed by atoms with Gasteiger partial charge in [0.15, 0.2) is 0 Å². The molecule has 1 aromatic rings. The number of unbranched alkanes of at least 4 members (excludes halogenated alkanes) is 1. The number of nitrogens with one attached hydrogen (secondary N) is 1. The minimum atomic E-state index is 0.326. The van der Waals surface area contributed by atoms with E-state index in [0.717, 1.165) is 18.5 Å². The van der Waals surface area contributed by atoms with Crippen LogP contribution in [0.2, 0.25) is 0 Å². The molecule has 1 N–H and O–H groups in total. The molecule has 0 saturated carbocycles. The van der Waals surface area contributed by atoms with Crippen LogP contribution in [0.5, 0.6) is 0 Å². The van der Waals surface area contributed by atoms with Crippen LogP contribution in [0.1, 0.15) is 38.7 Å². The number of rotatable bonds is 5. The van der Waals surface area contributed by atoms with E-state index in [-0.39, 0.29) is 0 Å². The Hall–Kier alpha value is -1.26. The summed E-state index contributed by atoms with van der Waals surface area (Å²) in [7, 11) is 0. The minimum absolute atomic E-state index is 0.326. The van der Waals surface area contributed by atoms with Crippen molar-refractivity contribution in [1.29, 1.82) is 0 Å². The van der Waals surface area contributed by atoms with Gasteiger partial charge in [0.05, 0.1) is 6.04 Å². The van der Waals surface area contributed by atoms with E-state index in [9.17, 15) is 0 Å². The van der Waals surface area contributed by atoms with Gasteiger partial charge in [-0.3, -0.25) is 0 Å². The summed E-state index contributed by atoms with van der Waals surface area (Å²) in [6.45, 7) is 5.44. The summed E-state index contributed by atoms with van der Waals surface area (Å²) in [6, 6.07) is 10.5. The van der Waals surface area contributed by atoms with Crippen molar-refractivity contribution in [2.45, 2.75) is 39.2 Å². The summed E-state index contributed by atoms with van der Waals surface area (Å²) in [5.74, 6) is 6.49. The quantitative estimate of drug-likeness (QED) is 0.587. The van der Waals surface area contributed by atoms with Gasteiger partial charge in [0.2, 0.25) is 0 Å². The predicted molar refractivity (Wildman–Crippen MR) is 70.3 cm³/mol. The van der Waals surface area contributed by atoms with Gasteiger partial charge in [-0.1, -0.05) is 50.3 Å². The first-order valence-electron chi connectivity index (χ1n) is 6.16. The predicted octanol–water partition coefficient (Wildman–Crippen LogP) is 3.21. The zero-order chi connectivity index (χ0) is 11.6. The van der Waals surface area contributed by atoms with Crippen LogP contribution >= 0.6 is 0 Å². The van der Waals surface area contributed by atoms with Gasteiger partial charge in [-0.05, 0) is 31.5 Å². The molecule has 1 rings (SSSR count). The molecule has 0 aliphatic rings. The Morgan fingerprint density at radius 2 is 1.94 bits per heavy atom. The third kappa shape index (κ3) is 5.00. The number of benzene rings is 1. The van der Waals surface area contributed by atoms with Crippen LogP contribution in [0.3, 0.4) is 0 Å². The molecular formula is C15H21N. The molecule has 16 heavy (non-hydrogen) atoms. The Morgan fingerprint density at radius 1 is 1.19 bits per heavy atom. The molecule has 0 aromatic heterocycles. The molecular weight excluding hydrogens is 194 g/mol. The maximum atomic E-state index is 3.47. The minimum Gasteiger partial charge on any atom is -0.304 e. The molecule has 1 atom stereocenters. The smallest absolute Gasteiger partial charge is 0.0690 e. The lowest BCUT2D eigenvalue weighted by Gasteiger charge is -2.09. The van der Waals surface area contributed by atoms with Crippen LogP contribution in [0, 0.1) is 11.8 Å². The molecule has 0 saturated heterocycles. The Balaban J connectivity index is 2.46. The summed E-state index contributed by atoms with van der Waals surface area (Å²) < 4.78 is 0. The van der Waals surface area contributed by atoms with E-state index < -0.39 is 0 Å². The lowest BCUT2D eigenvalue weighted by Crippen LogP contribution is -2.27. The van der Waals surface area contributed by atoms with Gasteiger partial charge in [0.25, 0.3) is 0 Å². The van der Waals surface area contributed by atoms with E-state index >= 15 is 0 Å². The molecule has 0 aliphatic carbocycles.